The smallest absolute Gasteiger partial charge is 0.326 e. The van der Waals surface area contributed by atoms with Crippen molar-refractivity contribution in [1.29, 1.82) is 0 Å². The van der Waals surface area contributed by atoms with Gasteiger partial charge in [-0.3, -0.25) is 5.43 Å². The molecule has 0 radical (unpaired) electrons. The van der Waals surface area contributed by atoms with E-state index >= 15 is 0 Å². The Balaban J connectivity index is 1.85. The molecule has 0 aliphatic rings. The van der Waals surface area contributed by atoms with E-state index in [-0.39, 0.29) is 12.4 Å². The van der Waals surface area contributed by atoms with E-state index in [2.05, 4.69) is 10.9 Å². The molecule has 0 aromatic heterocycles. The Bertz CT molecular complexity index is 602. The van der Waals surface area contributed by atoms with E-state index in [4.69, 9.17) is 10.5 Å². The summed E-state index contributed by atoms with van der Waals surface area (Å²) < 4.78 is 18.9. The predicted octanol–water partition coefficient (Wildman–Crippen LogP) is 2.08. The Hall–Kier alpha value is -2.60. The van der Waals surface area contributed by atoms with Crippen LogP contribution < -0.4 is 21.3 Å². The molecule has 21 heavy (non-hydrogen) atoms. The average Bonchev–Trinajstić information content (AvgIpc) is 2.47. The van der Waals surface area contributed by atoms with Gasteiger partial charge in [0, 0.05) is 12.1 Å². The molecule has 2 aromatic rings. The molecular weight excluding hydrogens is 273 g/mol. The molecule has 6 heteroatoms. The zero-order valence-corrected chi connectivity index (χ0v) is 11.3. The molecule has 0 aliphatic heterocycles. The highest BCUT2D eigenvalue weighted by Crippen LogP contribution is 2.15. The molecule has 2 rings (SSSR count). The number of hydrogen-bond donors (Lipinski definition) is 3. The average molecular weight is 289 g/mol. The van der Waals surface area contributed by atoms with Gasteiger partial charge in [0.05, 0.1) is 0 Å². The minimum absolute atomic E-state index is 0.174. The summed E-state index contributed by atoms with van der Waals surface area (Å²) in [7, 11) is 0. The van der Waals surface area contributed by atoms with E-state index in [0.29, 0.717) is 17.9 Å². The fourth-order valence-corrected chi connectivity index (χ4v) is 1.71. The molecule has 0 fully saturated rings. The van der Waals surface area contributed by atoms with E-state index < -0.39 is 6.03 Å². The number of rotatable bonds is 6. The molecule has 0 saturated carbocycles. The monoisotopic (exact) mass is 289 g/mol. The van der Waals surface area contributed by atoms with Crippen LogP contribution in [0.15, 0.2) is 48.5 Å². The molecule has 4 N–H and O–H groups in total. The lowest BCUT2D eigenvalue weighted by atomic mass is 10.2. The van der Waals surface area contributed by atoms with Gasteiger partial charge in [-0.25, -0.2) is 14.6 Å². The van der Waals surface area contributed by atoms with E-state index in [0.717, 1.165) is 5.56 Å². The van der Waals surface area contributed by atoms with Crippen LogP contribution in [0.25, 0.3) is 0 Å². The van der Waals surface area contributed by atoms with Crippen LogP contribution in [-0.4, -0.2) is 6.03 Å². The van der Waals surface area contributed by atoms with Crippen molar-refractivity contribution in [3.63, 3.8) is 0 Å². The van der Waals surface area contributed by atoms with Crippen LogP contribution in [0.5, 0.6) is 5.75 Å². The highest BCUT2D eigenvalue weighted by atomic mass is 19.1. The van der Waals surface area contributed by atoms with Gasteiger partial charge in [0.1, 0.15) is 18.2 Å². The van der Waals surface area contributed by atoms with Crippen molar-refractivity contribution in [1.82, 2.24) is 10.9 Å². The third kappa shape index (κ3) is 4.77. The molecule has 2 amide bonds. The zero-order valence-electron chi connectivity index (χ0n) is 11.3. The number of urea groups is 1. The molecule has 0 saturated heterocycles. The van der Waals surface area contributed by atoms with Crippen molar-refractivity contribution in [2.45, 2.75) is 13.2 Å². The van der Waals surface area contributed by atoms with Gasteiger partial charge in [0.25, 0.3) is 0 Å². The minimum Gasteiger partial charge on any atom is -0.489 e. The van der Waals surface area contributed by atoms with E-state index in [1.54, 1.807) is 30.3 Å². The second-order valence-corrected chi connectivity index (χ2v) is 4.37. The number of ether oxygens (including phenoxy) is 1. The first-order chi connectivity index (χ1) is 10.1. The van der Waals surface area contributed by atoms with Crippen molar-refractivity contribution in [3.8, 4) is 5.75 Å². The molecular formula is C15H16FN3O2. The van der Waals surface area contributed by atoms with E-state index in [1.807, 2.05) is 12.1 Å². The van der Waals surface area contributed by atoms with Gasteiger partial charge in [-0.15, -0.1) is 0 Å². The molecule has 0 heterocycles. The topological polar surface area (TPSA) is 76.4 Å². The number of nitrogens with two attached hydrogens (primary N) is 1. The number of amides is 2. The molecule has 110 valence electrons. The van der Waals surface area contributed by atoms with Gasteiger partial charge >= 0.3 is 6.03 Å². The summed E-state index contributed by atoms with van der Waals surface area (Å²) in [5.74, 6) is 0.362. The number of nitrogens with one attached hydrogen (secondary N) is 2. The van der Waals surface area contributed by atoms with Gasteiger partial charge in [0.15, 0.2) is 0 Å². The summed E-state index contributed by atoms with van der Waals surface area (Å²) in [5, 5.41) is 0. The van der Waals surface area contributed by atoms with Crippen molar-refractivity contribution < 1.29 is 13.9 Å². The molecule has 0 spiro atoms. The number of carbonyl (C=O) groups excluding carboxylic acids is 1. The van der Waals surface area contributed by atoms with Crippen molar-refractivity contribution >= 4 is 6.03 Å². The Morgan fingerprint density at radius 2 is 1.86 bits per heavy atom. The summed E-state index contributed by atoms with van der Waals surface area (Å²) in [6.45, 7) is 0.615. The van der Waals surface area contributed by atoms with Crippen LogP contribution in [0, 0.1) is 5.82 Å². The molecule has 0 aliphatic carbocycles. The second kappa shape index (κ2) is 7.25. The van der Waals surface area contributed by atoms with Crippen LogP contribution in [-0.2, 0) is 13.2 Å². The molecule has 0 atom stereocenters. The van der Waals surface area contributed by atoms with E-state index in [1.165, 1.54) is 6.07 Å². The maximum absolute atomic E-state index is 13.4. The van der Waals surface area contributed by atoms with Crippen LogP contribution in [0.4, 0.5) is 9.18 Å². The highest BCUT2D eigenvalue weighted by Gasteiger charge is 2.02. The number of halogens is 1. The first kappa shape index (κ1) is 14.8. The SMILES string of the molecule is NC(=O)NNCc1ccc(OCc2ccccc2F)cc1. The summed E-state index contributed by atoms with van der Waals surface area (Å²) in [4.78, 5) is 10.5. The Labute approximate surface area is 121 Å². The van der Waals surface area contributed by atoms with Crippen LogP contribution >= 0.6 is 0 Å². The number of benzene rings is 2. The highest BCUT2D eigenvalue weighted by molar-refractivity contribution is 5.70. The summed E-state index contributed by atoms with van der Waals surface area (Å²) in [6.07, 6.45) is 0. The van der Waals surface area contributed by atoms with Gasteiger partial charge in [-0.2, -0.15) is 0 Å². The number of carbonyl (C=O) groups is 1. The standard InChI is InChI=1S/C15H16FN3O2/c16-14-4-2-1-3-12(14)10-21-13-7-5-11(6-8-13)9-18-19-15(17)20/h1-8,18H,9-10H2,(H3,17,19,20). The van der Waals surface area contributed by atoms with Gasteiger partial charge in [-0.1, -0.05) is 30.3 Å². The number of hydrazine groups is 1. The largest absolute Gasteiger partial charge is 0.489 e. The maximum Gasteiger partial charge on any atom is 0.326 e. The lowest BCUT2D eigenvalue weighted by Crippen LogP contribution is -2.40. The van der Waals surface area contributed by atoms with Crippen LogP contribution in [0.3, 0.4) is 0 Å². The number of hydrogen-bond acceptors (Lipinski definition) is 3. The second-order valence-electron chi connectivity index (χ2n) is 4.37. The Morgan fingerprint density at radius 3 is 2.52 bits per heavy atom. The van der Waals surface area contributed by atoms with E-state index in [9.17, 15) is 9.18 Å². The van der Waals surface area contributed by atoms with Gasteiger partial charge in [-0.05, 0) is 23.8 Å². The predicted molar refractivity (Wildman–Crippen MR) is 76.7 cm³/mol. The van der Waals surface area contributed by atoms with Crippen LogP contribution in [0.1, 0.15) is 11.1 Å². The molecule has 0 unspecified atom stereocenters. The number of primary amides is 1. The van der Waals surface area contributed by atoms with Crippen molar-refractivity contribution in [2.75, 3.05) is 0 Å². The molecule has 5 nitrogen and oxygen atoms in total. The van der Waals surface area contributed by atoms with Gasteiger partial charge < -0.3 is 10.5 Å². The lowest BCUT2D eigenvalue weighted by molar-refractivity contribution is 0.244. The quantitative estimate of drug-likeness (QED) is 0.713. The molecule has 2 aromatic carbocycles. The zero-order chi connectivity index (χ0) is 15.1. The third-order valence-electron chi connectivity index (χ3n) is 2.78. The first-order valence-corrected chi connectivity index (χ1v) is 6.38. The summed E-state index contributed by atoms with van der Waals surface area (Å²) in [6, 6.07) is 13.1. The van der Waals surface area contributed by atoms with Crippen LogP contribution in [0.2, 0.25) is 0 Å². The molecule has 0 bridgehead atoms. The lowest BCUT2D eigenvalue weighted by Gasteiger charge is -2.08. The summed E-state index contributed by atoms with van der Waals surface area (Å²) >= 11 is 0. The fraction of sp³-hybridized carbons (Fsp3) is 0.133. The van der Waals surface area contributed by atoms with Crippen molar-refractivity contribution in [3.05, 3.63) is 65.5 Å². The first-order valence-electron chi connectivity index (χ1n) is 6.38. The maximum atomic E-state index is 13.4. The Morgan fingerprint density at radius 1 is 1.14 bits per heavy atom. The minimum atomic E-state index is -0.639. The normalized spacial score (nSPS) is 10.1. The van der Waals surface area contributed by atoms with Gasteiger partial charge in [0.2, 0.25) is 0 Å². The fourth-order valence-electron chi connectivity index (χ4n) is 1.71. The third-order valence-corrected chi connectivity index (χ3v) is 2.78. The van der Waals surface area contributed by atoms with Crippen molar-refractivity contribution in [2.24, 2.45) is 5.73 Å². The Kier molecular flexibility index (Phi) is 5.11. The summed E-state index contributed by atoms with van der Waals surface area (Å²) in [5.41, 5.74) is 11.3.